The Kier molecular flexibility index (Phi) is 19.2. The summed E-state index contributed by atoms with van der Waals surface area (Å²) in [7, 11) is 7.43. The zero-order valence-corrected chi connectivity index (χ0v) is 33.7. The molecule has 0 atom stereocenters. The number of ether oxygens (including phenoxy) is 5. The molecule has 0 aliphatic heterocycles. The SMILES string of the molecule is COC(=O)c1ccc(CNC(=O)c2cc(OC)c(OC)c(Br)c2C)cc1.COc1cc(C(=O)NCc2ccc(C(=O)O)cc2)c(C)c(Br)c1OC.[Li+].[OH-]. The van der Waals surface area contributed by atoms with Crippen molar-refractivity contribution in [3.8, 4) is 23.0 Å². The molecular formula is C37H39Br2LiN2O11. The third-order valence-corrected chi connectivity index (χ3v) is 9.59. The number of rotatable bonds is 12. The van der Waals surface area contributed by atoms with E-state index in [-0.39, 0.29) is 48.3 Å². The number of aromatic carboxylic acids is 1. The number of hydrogen-bond donors (Lipinski definition) is 3. The number of methoxy groups -OCH3 is 5. The predicted octanol–water partition coefficient (Wildman–Crippen LogP) is 3.72. The number of carboxylic acid groups (broad SMARTS) is 1. The molecule has 4 aromatic rings. The molecule has 0 bridgehead atoms. The van der Waals surface area contributed by atoms with Crippen LogP contribution in [0.2, 0.25) is 0 Å². The van der Waals surface area contributed by atoms with Gasteiger partial charge in [-0.2, -0.15) is 0 Å². The molecule has 0 unspecified atom stereocenters. The maximum absolute atomic E-state index is 12.6. The number of halogens is 2. The Balaban J connectivity index is 0.000000511. The van der Waals surface area contributed by atoms with E-state index >= 15 is 0 Å². The van der Waals surface area contributed by atoms with Crippen LogP contribution in [0.25, 0.3) is 0 Å². The fraction of sp³-hybridized carbons (Fsp3) is 0.243. The third kappa shape index (κ3) is 11.7. The molecule has 16 heteroatoms. The van der Waals surface area contributed by atoms with Gasteiger partial charge in [-0.25, -0.2) is 9.59 Å². The van der Waals surface area contributed by atoms with E-state index in [1.54, 1.807) is 55.6 Å². The molecule has 53 heavy (non-hydrogen) atoms. The molecule has 4 aromatic carbocycles. The van der Waals surface area contributed by atoms with Crippen molar-refractivity contribution in [2.45, 2.75) is 26.9 Å². The van der Waals surface area contributed by atoms with Crippen molar-refractivity contribution in [2.24, 2.45) is 0 Å². The number of amides is 2. The maximum atomic E-state index is 12.6. The number of benzene rings is 4. The Morgan fingerprint density at radius 1 is 0.623 bits per heavy atom. The number of nitrogens with one attached hydrogen (secondary N) is 2. The zero-order chi connectivity index (χ0) is 37.8. The van der Waals surface area contributed by atoms with Crippen molar-refractivity contribution in [3.63, 3.8) is 0 Å². The van der Waals surface area contributed by atoms with Gasteiger partial charge in [-0.1, -0.05) is 24.3 Å². The van der Waals surface area contributed by atoms with Crippen LogP contribution in [0.3, 0.4) is 0 Å². The predicted molar refractivity (Wildman–Crippen MR) is 199 cm³/mol. The molecule has 4 rings (SSSR count). The molecule has 0 saturated carbocycles. The van der Waals surface area contributed by atoms with E-state index in [2.05, 4.69) is 47.2 Å². The minimum absolute atomic E-state index is 0. The van der Waals surface area contributed by atoms with E-state index in [1.807, 2.05) is 13.8 Å². The van der Waals surface area contributed by atoms with Gasteiger partial charge in [0.1, 0.15) is 0 Å². The van der Waals surface area contributed by atoms with Gasteiger partial charge < -0.3 is 44.9 Å². The van der Waals surface area contributed by atoms with Crippen molar-refractivity contribution < 1.29 is 72.3 Å². The fourth-order valence-corrected chi connectivity index (χ4v) is 5.90. The number of carbonyl (C=O) groups excluding carboxylic acids is 3. The maximum Gasteiger partial charge on any atom is 1.00 e. The summed E-state index contributed by atoms with van der Waals surface area (Å²) in [4.78, 5) is 47.4. The van der Waals surface area contributed by atoms with Crippen LogP contribution >= 0.6 is 31.9 Å². The topological polar surface area (TPSA) is 189 Å². The first-order valence-corrected chi connectivity index (χ1v) is 16.8. The quantitative estimate of drug-likeness (QED) is 0.139. The number of hydrogen-bond acceptors (Lipinski definition) is 10. The van der Waals surface area contributed by atoms with Crippen molar-refractivity contribution >= 4 is 55.6 Å². The van der Waals surface area contributed by atoms with E-state index in [0.717, 1.165) is 22.3 Å². The molecule has 0 saturated heterocycles. The number of esters is 1. The Labute approximate surface area is 336 Å². The second kappa shape index (κ2) is 21.9. The molecule has 0 aliphatic rings. The fourth-order valence-electron chi connectivity index (χ4n) is 4.76. The molecule has 4 N–H and O–H groups in total. The first-order chi connectivity index (χ1) is 24.3. The summed E-state index contributed by atoms with van der Waals surface area (Å²) in [6, 6.07) is 16.5. The van der Waals surface area contributed by atoms with Gasteiger partial charge in [0.05, 0.1) is 55.6 Å². The summed E-state index contributed by atoms with van der Waals surface area (Å²) >= 11 is 6.87. The molecule has 0 radical (unpaired) electrons. The minimum Gasteiger partial charge on any atom is -0.870 e. The largest absolute Gasteiger partial charge is 1.00 e. The molecule has 0 aromatic heterocycles. The molecule has 0 heterocycles. The molecule has 2 amide bonds. The van der Waals surface area contributed by atoms with Gasteiger partial charge in [0.15, 0.2) is 23.0 Å². The van der Waals surface area contributed by atoms with Crippen molar-refractivity contribution in [1.82, 2.24) is 10.6 Å². The third-order valence-electron chi connectivity index (χ3n) is 7.68. The van der Waals surface area contributed by atoms with E-state index in [1.165, 1.54) is 40.6 Å². The van der Waals surface area contributed by atoms with Crippen LogP contribution in [0.5, 0.6) is 23.0 Å². The molecule has 0 spiro atoms. The van der Waals surface area contributed by atoms with Crippen molar-refractivity contribution in [2.75, 3.05) is 35.5 Å². The van der Waals surface area contributed by atoms with Crippen LogP contribution < -0.4 is 48.4 Å². The van der Waals surface area contributed by atoms with Crippen LogP contribution in [0.15, 0.2) is 69.6 Å². The van der Waals surface area contributed by atoms with E-state index in [9.17, 15) is 19.2 Å². The molecule has 0 aliphatic carbocycles. The van der Waals surface area contributed by atoms with Gasteiger partial charge in [-0.15, -0.1) is 0 Å². The Morgan fingerprint density at radius 3 is 1.28 bits per heavy atom. The van der Waals surface area contributed by atoms with Crippen molar-refractivity contribution in [3.05, 3.63) is 114 Å². The second-order valence-corrected chi connectivity index (χ2v) is 12.3. The first-order valence-electron chi connectivity index (χ1n) is 15.2. The van der Waals surface area contributed by atoms with Gasteiger partial charge in [0.2, 0.25) is 0 Å². The van der Waals surface area contributed by atoms with Gasteiger partial charge in [-0.05, 0) is 104 Å². The standard InChI is InChI=1S/C19H20BrNO5.C18H18BrNO5.Li.H2O/c1-11-14(9-15(24-2)17(25-3)16(11)20)18(22)21-10-12-5-7-13(8-6-12)19(23)26-4;1-10-13(8-14(24-2)16(25-3)15(10)19)17(21)20-9-11-4-6-12(7-5-11)18(22)23;;/h5-9H,10H2,1-4H3,(H,21,22);4-8H,9H2,1-3H3,(H,20,21)(H,22,23);;1H2/q;;+1;/p-1. The van der Waals surface area contributed by atoms with Crippen LogP contribution in [-0.4, -0.2) is 69.9 Å². The molecule has 0 fully saturated rings. The van der Waals surface area contributed by atoms with Gasteiger partial charge in [0, 0.05) is 24.2 Å². The van der Waals surface area contributed by atoms with Crippen LogP contribution in [0.1, 0.15) is 63.7 Å². The van der Waals surface area contributed by atoms with E-state index in [0.29, 0.717) is 55.2 Å². The Bertz CT molecular complexity index is 1910. The normalized spacial score (nSPS) is 9.83. The summed E-state index contributed by atoms with van der Waals surface area (Å²) in [5.74, 6) is 0.115. The Hall–Kier alpha value is -4.52. The Morgan fingerprint density at radius 2 is 0.981 bits per heavy atom. The van der Waals surface area contributed by atoms with Crippen LogP contribution in [-0.2, 0) is 17.8 Å². The van der Waals surface area contributed by atoms with E-state index in [4.69, 9.17) is 24.1 Å². The molecule has 13 nitrogen and oxygen atoms in total. The first kappa shape index (κ1) is 46.5. The minimum atomic E-state index is -0.985. The monoisotopic (exact) mass is 852 g/mol. The molecule has 278 valence electrons. The summed E-state index contributed by atoms with van der Waals surface area (Å²) in [5, 5.41) is 14.6. The van der Waals surface area contributed by atoms with Crippen LogP contribution in [0.4, 0.5) is 0 Å². The summed E-state index contributed by atoms with van der Waals surface area (Å²) in [6.07, 6.45) is 0. The average Bonchev–Trinajstić information content (AvgIpc) is 3.14. The smallest absolute Gasteiger partial charge is 0.870 e. The zero-order valence-electron chi connectivity index (χ0n) is 30.5. The van der Waals surface area contributed by atoms with Gasteiger partial charge in [-0.3, -0.25) is 9.59 Å². The second-order valence-electron chi connectivity index (χ2n) is 10.8. The van der Waals surface area contributed by atoms with E-state index < -0.39 is 11.9 Å². The summed E-state index contributed by atoms with van der Waals surface area (Å²) in [6.45, 7) is 4.24. The molecular weight excluding hydrogens is 815 g/mol. The summed E-state index contributed by atoms with van der Waals surface area (Å²) in [5.41, 5.74) is 4.76. The average molecular weight is 854 g/mol. The van der Waals surface area contributed by atoms with Crippen LogP contribution in [0, 0.1) is 13.8 Å². The number of carboxylic acids is 1. The van der Waals surface area contributed by atoms with Gasteiger partial charge >= 0.3 is 30.8 Å². The summed E-state index contributed by atoms with van der Waals surface area (Å²) < 4.78 is 27.2. The van der Waals surface area contributed by atoms with Crippen molar-refractivity contribution in [1.29, 1.82) is 0 Å². The van der Waals surface area contributed by atoms with Gasteiger partial charge in [0.25, 0.3) is 11.8 Å². The number of carbonyl (C=O) groups is 4.